The molecule has 0 saturated heterocycles. The van der Waals surface area contributed by atoms with Gasteiger partial charge in [0.05, 0.1) is 12.2 Å². The van der Waals surface area contributed by atoms with Crippen LogP contribution < -0.4 is 10.1 Å². The summed E-state index contributed by atoms with van der Waals surface area (Å²) in [4.78, 5) is 20.1. The first-order valence-electron chi connectivity index (χ1n) is 8.49. The number of nitrogens with zero attached hydrogens (tertiary/aromatic N) is 2. The molecule has 0 aliphatic heterocycles. The standard InChI is InChI=1S/C21H17F2N3O2/c1-14(26-20(27)8-6-15-5-7-17(22)12-19(15)23)16-3-2-4-18(11-16)28-21-13-24-9-10-25-21/h2-14H,1H3,(H,26,27). The number of halogens is 2. The van der Waals surface area contributed by atoms with Gasteiger partial charge in [-0.05, 0) is 42.8 Å². The molecular formula is C21H17F2N3O2. The molecule has 5 nitrogen and oxygen atoms in total. The highest BCUT2D eigenvalue weighted by Crippen LogP contribution is 2.23. The van der Waals surface area contributed by atoms with Gasteiger partial charge in [0, 0.05) is 30.1 Å². The number of nitrogens with one attached hydrogen (secondary N) is 1. The van der Waals surface area contributed by atoms with Crippen molar-refractivity contribution in [1.29, 1.82) is 0 Å². The highest BCUT2D eigenvalue weighted by molar-refractivity contribution is 5.92. The summed E-state index contributed by atoms with van der Waals surface area (Å²) in [5, 5.41) is 2.78. The molecule has 3 rings (SSSR count). The summed E-state index contributed by atoms with van der Waals surface area (Å²) in [6.45, 7) is 1.81. The molecule has 2 aromatic carbocycles. The second kappa shape index (κ2) is 8.85. The average Bonchev–Trinajstić information content (AvgIpc) is 2.68. The minimum atomic E-state index is -0.731. The molecule has 142 valence electrons. The Morgan fingerprint density at radius 1 is 1.18 bits per heavy atom. The van der Waals surface area contributed by atoms with Gasteiger partial charge in [-0.15, -0.1) is 0 Å². The molecule has 3 aromatic rings. The molecule has 1 unspecified atom stereocenters. The summed E-state index contributed by atoms with van der Waals surface area (Å²) < 4.78 is 32.2. The molecular weight excluding hydrogens is 364 g/mol. The van der Waals surface area contributed by atoms with Crippen molar-refractivity contribution < 1.29 is 18.3 Å². The van der Waals surface area contributed by atoms with E-state index in [4.69, 9.17) is 4.74 Å². The van der Waals surface area contributed by atoms with Crippen LogP contribution in [0.25, 0.3) is 6.08 Å². The van der Waals surface area contributed by atoms with Gasteiger partial charge in [0.25, 0.3) is 0 Å². The molecule has 1 aromatic heterocycles. The van der Waals surface area contributed by atoms with Crippen LogP contribution in [0.5, 0.6) is 11.6 Å². The van der Waals surface area contributed by atoms with Crippen molar-refractivity contribution in [1.82, 2.24) is 15.3 Å². The fraction of sp³-hybridized carbons (Fsp3) is 0.0952. The van der Waals surface area contributed by atoms with E-state index < -0.39 is 17.5 Å². The third-order valence-corrected chi connectivity index (χ3v) is 3.86. The van der Waals surface area contributed by atoms with Gasteiger partial charge in [-0.2, -0.15) is 0 Å². The van der Waals surface area contributed by atoms with Crippen LogP contribution in [0.2, 0.25) is 0 Å². The summed E-state index contributed by atoms with van der Waals surface area (Å²) in [6.07, 6.45) is 7.07. The van der Waals surface area contributed by atoms with E-state index in [9.17, 15) is 13.6 Å². The van der Waals surface area contributed by atoms with Crippen molar-refractivity contribution in [2.24, 2.45) is 0 Å². The first-order chi connectivity index (χ1) is 13.5. The maximum atomic E-state index is 13.6. The molecule has 0 bridgehead atoms. The largest absolute Gasteiger partial charge is 0.437 e. The summed E-state index contributed by atoms with van der Waals surface area (Å²) in [5.41, 5.74) is 0.944. The number of amides is 1. The second-order valence-electron chi connectivity index (χ2n) is 5.95. The Morgan fingerprint density at radius 2 is 2.04 bits per heavy atom. The maximum Gasteiger partial charge on any atom is 0.244 e. The van der Waals surface area contributed by atoms with Crippen molar-refractivity contribution in [2.45, 2.75) is 13.0 Å². The van der Waals surface area contributed by atoms with Gasteiger partial charge in [0.1, 0.15) is 17.4 Å². The number of hydrogen-bond donors (Lipinski definition) is 1. The number of ether oxygens (including phenoxy) is 1. The zero-order valence-electron chi connectivity index (χ0n) is 15.0. The molecule has 1 atom stereocenters. The van der Waals surface area contributed by atoms with Crippen molar-refractivity contribution in [3.8, 4) is 11.6 Å². The zero-order chi connectivity index (χ0) is 19.9. The van der Waals surface area contributed by atoms with Gasteiger partial charge < -0.3 is 10.1 Å². The van der Waals surface area contributed by atoms with Crippen LogP contribution in [0.3, 0.4) is 0 Å². The number of aromatic nitrogens is 2. The number of benzene rings is 2. The van der Waals surface area contributed by atoms with Gasteiger partial charge in [-0.1, -0.05) is 12.1 Å². The smallest absolute Gasteiger partial charge is 0.244 e. The highest BCUT2D eigenvalue weighted by Gasteiger charge is 2.10. The van der Waals surface area contributed by atoms with Crippen LogP contribution in [-0.2, 0) is 4.79 Å². The lowest BCUT2D eigenvalue weighted by Crippen LogP contribution is -2.24. The summed E-state index contributed by atoms with van der Waals surface area (Å²) in [5.74, 6) is -0.887. The maximum absolute atomic E-state index is 13.6. The lowest BCUT2D eigenvalue weighted by Gasteiger charge is -2.14. The Balaban J connectivity index is 1.63. The quantitative estimate of drug-likeness (QED) is 0.641. The molecule has 1 amide bonds. The van der Waals surface area contributed by atoms with Gasteiger partial charge in [-0.3, -0.25) is 9.78 Å². The first-order valence-corrected chi connectivity index (χ1v) is 8.49. The Bertz CT molecular complexity index is 994. The molecule has 0 aliphatic rings. The third kappa shape index (κ3) is 5.20. The lowest BCUT2D eigenvalue weighted by molar-refractivity contribution is -0.117. The molecule has 7 heteroatoms. The van der Waals surface area contributed by atoms with E-state index in [1.165, 1.54) is 30.6 Å². The van der Waals surface area contributed by atoms with Gasteiger partial charge in [0.15, 0.2) is 0 Å². The highest BCUT2D eigenvalue weighted by atomic mass is 19.1. The topological polar surface area (TPSA) is 64.1 Å². The van der Waals surface area contributed by atoms with E-state index in [-0.39, 0.29) is 11.6 Å². The fourth-order valence-electron chi connectivity index (χ4n) is 2.45. The van der Waals surface area contributed by atoms with Crippen molar-refractivity contribution >= 4 is 12.0 Å². The zero-order valence-corrected chi connectivity index (χ0v) is 15.0. The molecule has 1 heterocycles. The second-order valence-corrected chi connectivity index (χ2v) is 5.95. The molecule has 0 radical (unpaired) electrons. The van der Waals surface area contributed by atoms with Crippen molar-refractivity contribution in [3.05, 3.63) is 89.9 Å². The Kier molecular flexibility index (Phi) is 6.06. The van der Waals surface area contributed by atoms with Crippen LogP contribution in [0.15, 0.2) is 67.1 Å². The first kappa shape index (κ1) is 19.2. The Hall–Kier alpha value is -3.61. The van der Waals surface area contributed by atoms with E-state index in [0.717, 1.165) is 17.7 Å². The number of hydrogen-bond acceptors (Lipinski definition) is 4. The van der Waals surface area contributed by atoms with E-state index in [1.807, 2.05) is 13.0 Å². The van der Waals surface area contributed by atoms with Gasteiger partial charge >= 0.3 is 0 Å². The van der Waals surface area contributed by atoms with Crippen molar-refractivity contribution in [3.63, 3.8) is 0 Å². The Labute approximate surface area is 160 Å². The van der Waals surface area contributed by atoms with E-state index in [2.05, 4.69) is 15.3 Å². The molecule has 28 heavy (non-hydrogen) atoms. The normalized spacial score (nSPS) is 12.0. The van der Waals surface area contributed by atoms with Gasteiger partial charge in [0.2, 0.25) is 11.8 Å². The fourth-order valence-corrected chi connectivity index (χ4v) is 2.45. The average molecular weight is 381 g/mol. The minimum Gasteiger partial charge on any atom is -0.437 e. The van der Waals surface area contributed by atoms with Crippen molar-refractivity contribution in [2.75, 3.05) is 0 Å². The van der Waals surface area contributed by atoms with Crippen LogP contribution in [0.1, 0.15) is 24.1 Å². The van der Waals surface area contributed by atoms with E-state index >= 15 is 0 Å². The molecule has 0 fully saturated rings. The van der Waals surface area contributed by atoms with E-state index in [1.54, 1.807) is 24.4 Å². The van der Waals surface area contributed by atoms with Crippen LogP contribution >= 0.6 is 0 Å². The molecule has 0 saturated carbocycles. The number of carbonyl (C=O) groups is 1. The lowest BCUT2D eigenvalue weighted by atomic mass is 10.1. The number of rotatable bonds is 6. The van der Waals surface area contributed by atoms with Crippen LogP contribution in [-0.4, -0.2) is 15.9 Å². The van der Waals surface area contributed by atoms with E-state index in [0.29, 0.717) is 11.6 Å². The predicted octanol–water partition coefficient (Wildman–Crippen LogP) is 4.44. The van der Waals surface area contributed by atoms with Crippen LogP contribution in [0, 0.1) is 11.6 Å². The monoisotopic (exact) mass is 381 g/mol. The SMILES string of the molecule is CC(NC(=O)C=Cc1ccc(F)cc1F)c1cccc(Oc2cnccn2)c1. The van der Waals surface area contributed by atoms with Gasteiger partial charge in [-0.25, -0.2) is 13.8 Å². The number of carbonyl (C=O) groups excluding carboxylic acids is 1. The summed E-state index contributed by atoms with van der Waals surface area (Å²) >= 11 is 0. The predicted molar refractivity (Wildman–Crippen MR) is 100 cm³/mol. The summed E-state index contributed by atoms with van der Waals surface area (Å²) in [6, 6.07) is 10.0. The molecule has 0 spiro atoms. The Morgan fingerprint density at radius 3 is 2.79 bits per heavy atom. The molecule has 0 aliphatic carbocycles. The van der Waals surface area contributed by atoms with Crippen LogP contribution in [0.4, 0.5) is 8.78 Å². The molecule has 1 N–H and O–H groups in total. The summed E-state index contributed by atoms with van der Waals surface area (Å²) in [7, 11) is 0. The third-order valence-electron chi connectivity index (χ3n) is 3.86. The minimum absolute atomic E-state index is 0.128.